The van der Waals surface area contributed by atoms with E-state index in [2.05, 4.69) is 30.9 Å². The van der Waals surface area contributed by atoms with E-state index in [1.54, 1.807) is 7.11 Å². The molecule has 3 aromatic rings. The number of hydrogen-bond donors (Lipinski definition) is 0. The Bertz CT molecular complexity index is 1190. The molecule has 0 saturated heterocycles. The topological polar surface area (TPSA) is 97.2 Å². The quantitative estimate of drug-likeness (QED) is 0.293. The van der Waals surface area contributed by atoms with Crippen molar-refractivity contribution in [1.29, 1.82) is 0 Å². The van der Waals surface area contributed by atoms with Crippen molar-refractivity contribution in [3.8, 4) is 17.0 Å². The lowest BCUT2D eigenvalue weighted by Gasteiger charge is -2.28. The van der Waals surface area contributed by atoms with Gasteiger partial charge in [-0.2, -0.15) is 0 Å². The molecule has 1 aliphatic rings. The maximum absolute atomic E-state index is 12.1. The molecule has 0 saturated carbocycles. The van der Waals surface area contributed by atoms with Gasteiger partial charge in [0.05, 0.1) is 24.7 Å². The highest BCUT2D eigenvalue weighted by molar-refractivity contribution is 9.10. The second-order valence-corrected chi connectivity index (χ2v) is 7.74. The Kier molecular flexibility index (Phi) is 5.00. The molecule has 8 heteroatoms. The van der Waals surface area contributed by atoms with Gasteiger partial charge in [0.15, 0.2) is 5.78 Å². The number of methoxy groups -OCH3 is 1. The van der Waals surface area contributed by atoms with E-state index in [4.69, 9.17) is 15.0 Å². The van der Waals surface area contributed by atoms with Gasteiger partial charge < -0.3 is 9.47 Å². The summed E-state index contributed by atoms with van der Waals surface area (Å²) in [5.74, 6) is 0.154. The number of ether oxygens (including phenoxy) is 2. The van der Waals surface area contributed by atoms with Crippen LogP contribution < -0.4 is 4.74 Å². The van der Waals surface area contributed by atoms with Crippen molar-refractivity contribution in [2.24, 2.45) is 5.11 Å². The van der Waals surface area contributed by atoms with Gasteiger partial charge in [-0.3, -0.25) is 4.79 Å². The van der Waals surface area contributed by atoms with E-state index in [0.29, 0.717) is 5.88 Å². The van der Waals surface area contributed by atoms with Gasteiger partial charge in [-0.1, -0.05) is 45.3 Å². The van der Waals surface area contributed by atoms with Gasteiger partial charge in [0.2, 0.25) is 5.88 Å². The first-order chi connectivity index (χ1) is 14.0. The van der Waals surface area contributed by atoms with Crippen LogP contribution in [0.3, 0.4) is 0 Å². The molecule has 0 bridgehead atoms. The Balaban J connectivity index is 1.94. The summed E-state index contributed by atoms with van der Waals surface area (Å²) in [5, 5.41) is 4.29. The average molecular weight is 453 g/mol. The van der Waals surface area contributed by atoms with E-state index in [1.807, 2.05) is 49.4 Å². The molecule has 0 amide bonds. The number of benzene rings is 2. The molecule has 0 aliphatic heterocycles. The molecule has 0 radical (unpaired) electrons. The molecular formula is C21H17BrN4O3. The van der Waals surface area contributed by atoms with E-state index in [9.17, 15) is 4.79 Å². The van der Waals surface area contributed by atoms with Gasteiger partial charge in [0.1, 0.15) is 12.2 Å². The second-order valence-electron chi connectivity index (χ2n) is 6.83. The summed E-state index contributed by atoms with van der Waals surface area (Å²) in [6.07, 6.45) is 0. The highest BCUT2D eigenvalue weighted by Crippen LogP contribution is 2.54. The Morgan fingerprint density at radius 1 is 1.31 bits per heavy atom. The number of hydrogen-bond acceptors (Lipinski definition) is 5. The number of Topliss-reactive ketones (excluding diaryl/α,β-unsaturated/α-hetero) is 1. The van der Waals surface area contributed by atoms with Gasteiger partial charge in [-0.15, -0.1) is 0 Å². The Hall–Kier alpha value is -2.93. The summed E-state index contributed by atoms with van der Waals surface area (Å²) in [7, 11) is 1.57. The third-order valence-corrected chi connectivity index (χ3v) is 5.62. The van der Waals surface area contributed by atoms with Gasteiger partial charge >= 0.3 is 0 Å². The fraction of sp³-hybridized carbons (Fsp3) is 0.238. The second kappa shape index (κ2) is 7.48. The SMILES string of the molecule is COc1nc2ccc(Br)cc2c2c1C(C)(OCC(=O)CN=[N+]=[N-])c1ccccc1-2. The molecule has 2 aromatic carbocycles. The predicted molar refractivity (Wildman–Crippen MR) is 113 cm³/mol. The molecule has 4 rings (SSSR count). The predicted octanol–water partition coefficient (Wildman–Crippen LogP) is 5.15. The third-order valence-electron chi connectivity index (χ3n) is 5.13. The molecule has 146 valence electrons. The summed E-state index contributed by atoms with van der Waals surface area (Å²) < 4.78 is 12.7. The lowest BCUT2D eigenvalue weighted by Crippen LogP contribution is -2.29. The molecule has 1 aromatic heterocycles. The summed E-state index contributed by atoms with van der Waals surface area (Å²) >= 11 is 3.54. The van der Waals surface area contributed by atoms with Crippen molar-refractivity contribution in [3.05, 3.63) is 68.5 Å². The van der Waals surface area contributed by atoms with Crippen molar-refractivity contribution < 1.29 is 14.3 Å². The lowest BCUT2D eigenvalue weighted by molar-refractivity contribution is -0.127. The van der Waals surface area contributed by atoms with Crippen LogP contribution in [0.5, 0.6) is 5.88 Å². The lowest BCUT2D eigenvalue weighted by atomic mass is 9.93. The maximum Gasteiger partial charge on any atom is 0.220 e. The molecule has 0 fully saturated rings. The number of carbonyl (C=O) groups excluding carboxylic acids is 1. The van der Waals surface area contributed by atoms with Gasteiger partial charge in [0, 0.05) is 20.3 Å². The zero-order valence-electron chi connectivity index (χ0n) is 15.8. The van der Waals surface area contributed by atoms with Crippen LogP contribution in [-0.2, 0) is 15.1 Å². The van der Waals surface area contributed by atoms with Crippen LogP contribution in [-0.4, -0.2) is 31.0 Å². The van der Waals surface area contributed by atoms with Crippen LogP contribution in [0.15, 0.2) is 52.1 Å². The minimum absolute atomic E-state index is 0.191. The molecule has 7 nitrogen and oxygen atoms in total. The van der Waals surface area contributed by atoms with Crippen LogP contribution in [0, 0.1) is 0 Å². The van der Waals surface area contributed by atoms with Crippen LogP contribution in [0.1, 0.15) is 18.1 Å². The first-order valence-corrected chi connectivity index (χ1v) is 9.73. The van der Waals surface area contributed by atoms with Gasteiger partial charge in [-0.05, 0) is 41.8 Å². The van der Waals surface area contributed by atoms with Gasteiger partial charge in [-0.25, -0.2) is 4.98 Å². The first-order valence-electron chi connectivity index (χ1n) is 8.93. The normalized spacial score (nSPS) is 16.8. The largest absolute Gasteiger partial charge is 0.481 e. The number of aromatic nitrogens is 1. The fourth-order valence-electron chi connectivity index (χ4n) is 3.87. The summed E-state index contributed by atoms with van der Waals surface area (Å²) in [4.78, 5) is 19.4. The standard InChI is InChI=1S/C21H17BrN4O3/c1-21(29-11-13(27)10-24-26-23)16-6-4-3-5-14(16)18-15-9-12(22)7-8-17(15)25-20(28-2)19(18)21/h3-9H,10-11H2,1-2H3. The molecule has 1 aliphatic carbocycles. The monoisotopic (exact) mass is 452 g/mol. The van der Waals surface area contributed by atoms with Crippen LogP contribution in [0.2, 0.25) is 0 Å². The van der Waals surface area contributed by atoms with Crippen molar-refractivity contribution in [1.82, 2.24) is 4.98 Å². The van der Waals surface area contributed by atoms with Crippen molar-refractivity contribution >= 4 is 32.6 Å². The Labute approximate surface area is 175 Å². The molecule has 29 heavy (non-hydrogen) atoms. The maximum atomic E-state index is 12.1. The van der Waals surface area contributed by atoms with E-state index in [0.717, 1.165) is 37.6 Å². The molecule has 1 heterocycles. The first kappa shape index (κ1) is 19.4. The van der Waals surface area contributed by atoms with Crippen molar-refractivity contribution in [3.63, 3.8) is 0 Å². The van der Waals surface area contributed by atoms with E-state index < -0.39 is 5.60 Å². The van der Waals surface area contributed by atoms with E-state index >= 15 is 0 Å². The Morgan fingerprint density at radius 3 is 2.86 bits per heavy atom. The van der Waals surface area contributed by atoms with Gasteiger partial charge in [0.25, 0.3) is 0 Å². The fourth-order valence-corrected chi connectivity index (χ4v) is 4.23. The number of nitrogens with zero attached hydrogens (tertiary/aromatic N) is 4. The number of azide groups is 1. The van der Waals surface area contributed by atoms with Crippen molar-refractivity contribution in [2.45, 2.75) is 12.5 Å². The summed E-state index contributed by atoms with van der Waals surface area (Å²) in [6.45, 7) is 1.47. The Morgan fingerprint density at radius 2 is 2.10 bits per heavy atom. The zero-order chi connectivity index (χ0) is 20.6. The highest BCUT2D eigenvalue weighted by Gasteiger charge is 2.45. The highest BCUT2D eigenvalue weighted by atomic mass is 79.9. The minimum atomic E-state index is -0.938. The molecule has 1 unspecified atom stereocenters. The number of carbonyl (C=O) groups is 1. The number of ketones is 1. The van der Waals surface area contributed by atoms with Crippen LogP contribution in [0.4, 0.5) is 0 Å². The zero-order valence-corrected chi connectivity index (χ0v) is 17.4. The molecule has 0 N–H and O–H groups in total. The number of pyridine rings is 1. The number of rotatable bonds is 6. The van der Waals surface area contributed by atoms with E-state index in [-0.39, 0.29) is 18.9 Å². The number of fused-ring (bicyclic) bond motifs is 5. The van der Waals surface area contributed by atoms with Crippen LogP contribution in [0.25, 0.3) is 32.5 Å². The molecule has 1 atom stereocenters. The van der Waals surface area contributed by atoms with Crippen LogP contribution >= 0.6 is 15.9 Å². The molecule has 0 spiro atoms. The summed E-state index contributed by atoms with van der Waals surface area (Å²) in [6, 6.07) is 13.8. The minimum Gasteiger partial charge on any atom is -0.481 e. The number of halogens is 1. The average Bonchev–Trinajstić information content (AvgIpc) is 3.00. The molecular weight excluding hydrogens is 436 g/mol. The smallest absolute Gasteiger partial charge is 0.220 e. The summed E-state index contributed by atoms with van der Waals surface area (Å²) in [5.41, 5.74) is 12.0. The third kappa shape index (κ3) is 3.15. The van der Waals surface area contributed by atoms with Crippen molar-refractivity contribution in [2.75, 3.05) is 20.3 Å². The van der Waals surface area contributed by atoms with E-state index in [1.165, 1.54) is 0 Å².